The second kappa shape index (κ2) is 13.0. The summed E-state index contributed by atoms with van der Waals surface area (Å²) in [6, 6.07) is 4.50. The Kier molecular flexibility index (Phi) is 10.7. The van der Waals surface area contributed by atoms with E-state index in [9.17, 15) is 4.79 Å². The van der Waals surface area contributed by atoms with Crippen LogP contribution in [0.3, 0.4) is 0 Å². The van der Waals surface area contributed by atoms with Crippen LogP contribution in [0.15, 0.2) is 17.1 Å². The van der Waals surface area contributed by atoms with Gasteiger partial charge in [-0.25, -0.2) is 0 Å². The predicted octanol–water partition coefficient (Wildman–Crippen LogP) is 3.53. The van der Waals surface area contributed by atoms with E-state index in [0.29, 0.717) is 38.1 Å². The lowest BCUT2D eigenvalue weighted by Gasteiger charge is -2.22. The van der Waals surface area contributed by atoms with Crippen LogP contribution in [0.25, 0.3) is 0 Å². The number of halogens is 1. The fraction of sp³-hybridized carbons (Fsp3) is 0.652. The molecule has 0 radical (unpaired) electrons. The maximum absolute atomic E-state index is 12.2. The highest BCUT2D eigenvalue weighted by molar-refractivity contribution is 14.0. The van der Waals surface area contributed by atoms with Gasteiger partial charge in [0, 0.05) is 50.1 Å². The summed E-state index contributed by atoms with van der Waals surface area (Å²) in [5.41, 5.74) is 2.23. The van der Waals surface area contributed by atoms with Crippen LogP contribution in [0.4, 0.5) is 0 Å². The summed E-state index contributed by atoms with van der Waals surface area (Å²) < 4.78 is 11.7. The SMILES string of the molecule is CCOc1cc2c(cc1CNC(=NC)NCCC(=O)NC1CCCCC1)OC(C)C2.I. The quantitative estimate of drug-likeness (QED) is 0.265. The van der Waals surface area contributed by atoms with Gasteiger partial charge in [0.2, 0.25) is 5.91 Å². The first-order valence-corrected chi connectivity index (χ1v) is 11.3. The first-order valence-electron chi connectivity index (χ1n) is 11.3. The molecule has 0 spiro atoms. The lowest BCUT2D eigenvalue weighted by atomic mass is 9.95. The van der Waals surface area contributed by atoms with Crippen molar-refractivity contribution in [3.05, 3.63) is 23.3 Å². The van der Waals surface area contributed by atoms with Crippen molar-refractivity contribution in [2.45, 2.75) is 77.5 Å². The Morgan fingerprint density at radius 1 is 1.23 bits per heavy atom. The first kappa shape index (κ1) is 25.5. The Balaban J connectivity index is 0.00000341. The third kappa shape index (κ3) is 7.73. The van der Waals surface area contributed by atoms with Gasteiger partial charge in [-0.3, -0.25) is 9.79 Å². The van der Waals surface area contributed by atoms with E-state index in [1.54, 1.807) is 7.05 Å². The van der Waals surface area contributed by atoms with Gasteiger partial charge < -0.3 is 25.4 Å². The topological polar surface area (TPSA) is 84.0 Å². The molecule has 1 aliphatic carbocycles. The highest BCUT2D eigenvalue weighted by Gasteiger charge is 2.22. The van der Waals surface area contributed by atoms with Crippen molar-refractivity contribution in [2.75, 3.05) is 20.2 Å². The number of carbonyl (C=O) groups excluding carboxylic acids is 1. The Hall–Kier alpha value is -1.71. The summed E-state index contributed by atoms with van der Waals surface area (Å²) in [7, 11) is 1.73. The summed E-state index contributed by atoms with van der Waals surface area (Å²) in [6.45, 7) is 5.79. The fourth-order valence-corrected chi connectivity index (χ4v) is 4.15. The molecular weight excluding hydrogens is 507 g/mol. The summed E-state index contributed by atoms with van der Waals surface area (Å²) in [6.07, 6.45) is 7.48. The van der Waals surface area contributed by atoms with Crippen molar-refractivity contribution in [3.8, 4) is 11.5 Å². The van der Waals surface area contributed by atoms with Crippen LogP contribution in [0.5, 0.6) is 11.5 Å². The molecule has 1 aromatic rings. The van der Waals surface area contributed by atoms with E-state index >= 15 is 0 Å². The Morgan fingerprint density at radius 3 is 2.71 bits per heavy atom. The molecule has 0 saturated heterocycles. The minimum atomic E-state index is 0. The number of nitrogens with one attached hydrogen (secondary N) is 3. The van der Waals surface area contributed by atoms with Crippen LogP contribution < -0.4 is 25.4 Å². The molecule has 1 atom stereocenters. The highest BCUT2D eigenvalue weighted by Crippen LogP contribution is 2.35. The minimum absolute atomic E-state index is 0. The number of nitrogens with zero attached hydrogens (tertiary/aromatic N) is 1. The molecule has 1 amide bonds. The van der Waals surface area contributed by atoms with E-state index in [1.807, 2.05) is 6.92 Å². The number of hydrogen-bond acceptors (Lipinski definition) is 4. The van der Waals surface area contributed by atoms with Gasteiger partial charge in [-0.15, -0.1) is 24.0 Å². The molecule has 1 heterocycles. The van der Waals surface area contributed by atoms with Crippen molar-refractivity contribution in [1.29, 1.82) is 0 Å². The van der Waals surface area contributed by atoms with Crippen LogP contribution in [0, 0.1) is 0 Å². The molecule has 1 aromatic carbocycles. The molecular formula is C23H37IN4O3. The van der Waals surface area contributed by atoms with Gasteiger partial charge in [-0.05, 0) is 38.8 Å². The van der Waals surface area contributed by atoms with Gasteiger partial charge in [-0.2, -0.15) is 0 Å². The standard InChI is InChI=1S/C23H36N4O3.HI/c1-4-29-20-13-17-12-16(2)30-21(17)14-18(20)15-26-23(24-3)25-11-10-22(28)27-19-8-6-5-7-9-19;/h13-14,16,19H,4-12,15H2,1-3H3,(H,27,28)(H2,24,25,26);1H. The van der Waals surface area contributed by atoms with E-state index in [-0.39, 0.29) is 36.0 Å². The van der Waals surface area contributed by atoms with Crippen LogP contribution in [0.2, 0.25) is 0 Å². The first-order chi connectivity index (χ1) is 14.6. The molecule has 0 aromatic heterocycles. The molecule has 1 saturated carbocycles. The highest BCUT2D eigenvalue weighted by atomic mass is 127. The monoisotopic (exact) mass is 544 g/mol. The van der Waals surface area contributed by atoms with Crippen LogP contribution in [-0.2, 0) is 17.8 Å². The third-order valence-corrected chi connectivity index (χ3v) is 5.66. The number of guanidine groups is 1. The van der Waals surface area contributed by atoms with Crippen molar-refractivity contribution < 1.29 is 14.3 Å². The molecule has 1 unspecified atom stereocenters. The molecule has 0 bridgehead atoms. The summed E-state index contributed by atoms with van der Waals surface area (Å²) in [5, 5.41) is 9.69. The molecule has 3 rings (SSSR count). The molecule has 7 nitrogen and oxygen atoms in total. The molecule has 1 fully saturated rings. The maximum atomic E-state index is 12.2. The van der Waals surface area contributed by atoms with Crippen LogP contribution >= 0.6 is 24.0 Å². The zero-order valence-electron chi connectivity index (χ0n) is 19.0. The molecule has 2 aliphatic rings. The Bertz CT molecular complexity index is 751. The van der Waals surface area contributed by atoms with E-state index in [2.05, 4.69) is 40.0 Å². The third-order valence-electron chi connectivity index (χ3n) is 5.66. The molecule has 8 heteroatoms. The fourth-order valence-electron chi connectivity index (χ4n) is 4.15. The maximum Gasteiger partial charge on any atom is 0.221 e. The van der Waals surface area contributed by atoms with Gasteiger partial charge in [0.1, 0.15) is 17.6 Å². The van der Waals surface area contributed by atoms with Crippen LogP contribution in [0.1, 0.15) is 63.5 Å². The number of amides is 1. The number of fused-ring (bicyclic) bond motifs is 1. The lowest BCUT2D eigenvalue weighted by Crippen LogP contribution is -2.41. The number of rotatable bonds is 8. The number of ether oxygens (including phenoxy) is 2. The summed E-state index contributed by atoms with van der Waals surface area (Å²) in [4.78, 5) is 16.4. The molecule has 3 N–H and O–H groups in total. The molecule has 174 valence electrons. The zero-order chi connectivity index (χ0) is 21.3. The van der Waals surface area contributed by atoms with Gasteiger partial charge in [-0.1, -0.05) is 19.3 Å². The van der Waals surface area contributed by atoms with Gasteiger partial charge in [0.05, 0.1) is 6.61 Å². The van der Waals surface area contributed by atoms with E-state index in [0.717, 1.165) is 36.3 Å². The number of carbonyl (C=O) groups is 1. The molecule has 1 aliphatic heterocycles. The second-order valence-electron chi connectivity index (χ2n) is 8.14. The van der Waals surface area contributed by atoms with Gasteiger partial charge >= 0.3 is 0 Å². The summed E-state index contributed by atoms with van der Waals surface area (Å²) >= 11 is 0. The number of aliphatic imine (C=N–C) groups is 1. The lowest BCUT2D eigenvalue weighted by molar-refractivity contribution is -0.121. The van der Waals surface area contributed by atoms with E-state index in [4.69, 9.17) is 9.47 Å². The number of benzene rings is 1. The summed E-state index contributed by atoms with van der Waals surface area (Å²) in [5.74, 6) is 2.58. The van der Waals surface area contributed by atoms with Crippen molar-refractivity contribution in [1.82, 2.24) is 16.0 Å². The largest absolute Gasteiger partial charge is 0.494 e. The van der Waals surface area contributed by atoms with Gasteiger partial charge in [0.15, 0.2) is 5.96 Å². The van der Waals surface area contributed by atoms with Crippen LogP contribution in [-0.4, -0.2) is 44.2 Å². The Labute approximate surface area is 203 Å². The normalized spacial score (nSPS) is 18.4. The van der Waals surface area contributed by atoms with E-state index < -0.39 is 0 Å². The average molecular weight is 544 g/mol. The predicted molar refractivity (Wildman–Crippen MR) is 135 cm³/mol. The average Bonchev–Trinajstić information content (AvgIpc) is 3.10. The van der Waals surface area contributed by atoms with Crippen molar-refractivity contribution in [2.24, 2.45) is 4.99 Å². The smallest absolute Gasteiger partial charge is 0.221 e. The number of hydrogen-bond donors (Lipinski definition) is 3. The minimum Gasteiger partial charge on any atom is -0.494 e. The van der Waals surface area contributed by atoms with Crippen molar-refractivity contribution in [3.63, 3.8) is 0 Å². The van der Waals surface area contributed by atoms with Gasteiger partial charge in [0.25, 0.3) is 0 Å². The zero-order valence-corrected chi connectivity index (χ0v) is 21.3. The second-order valence-corrected chi connectivity index (χ2v) is 8.14. The van der Waals surface area contributed by atoms with E-state index in [1.165, 1.54) is 24.8 Å². The Morgan fingerprint density at radius 2 is 2.00 bits per heavy atom. The van der Waals surface area contributed by atoms with Crippen molar-refractivity contribution >= 4 is 35.8 Å². The molecule has 31 heavy (non-hydrogen) atoms.